The fourth-order valence-corrected chi connectivity index (χ4v) is 4.48. The minimum Gasteiger partial charge on any atom is -0.369 e. The van der Waals surface area contributed by atoms with Crippen LogP contribution in [-0.2, 0) is 10.0 Å². The highest BCUT2D eigenvalue weighted by Gasteiger charge is 2.30. The number of nitro groups is 1. The minimum atomic E-state index is -4.57. The normalized spacial score (nSPS) is 15.0. The molecule has 26 heavy (non-hydrogen) atoms. The lowest BCUT2D eigenvalue weighted by molar-refractivity contribution is -0.387. The van der Waals surface area contributed by atoms with Crippen LogP contribution in [0.15, 0.2) is 40.2 Å². The Morgan fingerprint density at radius 1 is 1.15 bits per heavy atom. The van der Waals surface area contributed by atoms with E-state index in [-0.39, 0.29) is 9.11 Å². The molecular weight excluding hydrogens is 384 g/mol. The SMILES string of the molecule is O=c1c(Cl)c(N2CCCCC2)cnn1S(=O)(=O)c1ccccc1[N+](=O)[O-]. The minimum absolute atomic E-state index is 0.200. The summed E-state index contributed by atoms with van der Waals surface area (Å²) in [4.78, 5) is 24.1. The van der Waals surface area contributed by atoms with Crippen molar-refractivity contribution in [1.29, 1.82) is 0 Å². The van der Waals surface area contributed by atoms with Gasteiger partial charge in [0.2, 0.25) is 0 Å². The predicted octanol–water partition coefficient (Wildman–Crippen LogP) is 2.03. The highest BCUT2D eigenvalue weighted by molar-refractivity contribution is 7.90. The number of hydrogen-bond acceptors (Lipinski definition) is 7. The van der Waals surface area contributed by atoms with Crippen molar-refractivity contribution in [1.82, 2.24) is 9.19 Å². The summed E-state index contributed by atoms with van der Waals surface area (Å²) in [7, 11) is -4.57. The smallest absolute Gasteiger partial charge is 0.302 e. The average molecular weight is 399 g/mol. The Balaban J connectivity index is 2.11. The van der Waals surface area contributed by atoms with E-state index < -0.39 is 31.1 Å². The van der Waals surface area contributed by atoms with Crippen LogP contribution in [0.2, 0.25) is 5.02 Å². The number of benzene rings is 1. The molecule has 0 unspecified atom stereocenters. The van der Waals surface area contributed by atoms with Gasteiger partial charge < -0.3 is 4.90 Å². The van der Waals surface area contributed by atoms with Crippen molar-refractivity contribution in [2.24, 2.45) is 0 Å². The molecule has 0 bridgehead atoms. The first-order valence-electron chi connectivity index (χ1n) is 7.86. The van der Waals surface area contributed by atoms with Crippen LogP contribution >= 0.6 is 11.6 Å². The molecule has 3 rings (SSSR count). The maximum Gasteiger partial charge on any atom is 0.302 e. The number of nitro benzene ring substituents is 1. The van der Waals surface area contributed by atoms with Gasteiger partial charge in [0, 0.05) is 19.2 Å². The number of hydrogen-bond donors (Lipinski definition) is 0. The number of rotatable bonds is 4. The molecule has 9 nitrogen and oxygen atoms in total. The lowest BCUT2D eigenvalue weighted by atomic mass is 10.1. The predicted molar refractivity (Wildman–Crippen MR) is 95.3 cm³/mol. The van der Waals surface area contributed by atoms with Crippen LogP contribution in [0.25, 0.3) is 0 Å². The first-order chi connectivity index (χ1) is 12.3. The van der Waals surface area contributed by atoms with Gasteiger partial charge in [-0.05, 0) is 25.3 Å². The van der Waals surface area contributed by atoms with Crippen LogP contribution in [0, 0.1) is 10.1 Å². The molecule has 11 heteroatoms. The largest absolute Gasteiger partial charge is 0.369 e. The Morgan fingerprint density at radius 2 is 1.81 bits per heavy atom. The van der Waals surface area contributed by atoms with E-state index in [1.807, 2.05) is 4.90 Å². The summed E-state index contributed by atoms with van der Waals surface area (Å²) >= 11 is 6.11. The van der Waals surface area contributed by atoms with Gasteiger partial charge in [0.15, 0.2) is 4.90 Å². The number of anilines is 1. The van der Waals surface area contributed by atoms with E-state index >= 15 is 0 Å². The molecule has 0 amide bonds. The van der Waals surface area contributed by atoms with Gasteiger partial charge in [-0.1, -0.05) is 23.7 Å². The molecular formula is C15H15ClN4O5S. The van der Waals surface area contributed by atoms with Gasteiger partial charge in [-0.2, -0.15) is 13.5 Å². The van der Waals surface area contributed by atoms with Crippen molar-refractivity contribution in [2.75, 3.05) is 18.0 Å². The van der Waals surface area contributed by atoms with Crippen LogP contribution in [-0.4, -0.2) is 35.6 Å². The Hall–Kier alpha value is -2.46. The quantitative estimate of drug-likeness (QED) is 0.571. The van der Waals surface area contributed by atoms with E-state index in [4.69, 9.17) is 11.6 Å². The van der Waals surface area contributed by atoms with E-state index in [0.29, 0.717) is 18.8 Å². The number of piperidine rings is 1. The number of halogens is 1. The summed E-state index contributed by atoms with van der Waals surface area (Å²) in [5.41, 5.74) is -1.31. The van der Waals surface area contributed by atoms with Gasteiger partial charge in [0.1, 0.15) is 5.02 Å². The summed E-state index contributed by atoms with van der Waals surface area (Å²) in [6, 6.07) is 4.75. The molecule has 1 saturated heterocycles. The highest BCUT2D eigenvalue weighted by atomic mass is 35.5. The van der Waals surface area contributed by atoms with Gasteiger partial charge in [0.05, 0.1) is 16.8 Å². The van der Waals surface area contributed by atoms with Crippen molar-refractivity contribution in [3.8, 4) is 0 Å². The second-order valence-electron chi connectivity index (χ2n) is 5.77. The molecule has 1 aliphatic heterocycles. The Labute approximate surface area is 154 Å². The fraction of sp³-hybridized carbons (Fsp3) is 0.333. The zero-order valence-electron chi connectivity index (χ0n) is 13.5. The zero-order chi connectivity index (χ0) is 18.9. The van der Waals surface area contributed by atoms with Crippen LogP contribution in [0.3, 0.4) is 0 Å². The summed E-state index contributed by atoms with van der Waals surface area (Å²) in [5, 5.41) is 14.6. The number of para-hydroxylation sites is 1. The molecule has 0 radical (unpaired) electrons. The van der Waals surface area contributed by atoms with Crippen LogP contribution in [0.1, 0.15) is 19.3 Å². The van der Waals surface area contributed by atoms with E-state index in [1.165, 1.54) is 18.3 Å². The summed E-state index contributed by atoms with van der Waals surface area (Å²) in [6.07, 6.45) is 4.16. The Kier molecular flexibility index (Phi) is 4.97. The maximum absolute atomic E-state index is 12.7. The summed E-state index contributed by atoms with van der Waals surface area (Å²) in [6.45, 7) is 1.39. The Bertz CT molecular complexity index is 1010. The molecule has 0 aliphatic carbocycles. The lowest BCUT2D eigenvalue weighted by Gasteiger charge is -2.28. The van der Waals surface area contributed by atoms with Gasteiger partial charge >= 0.3 is 5.56 Å². The molecule has 1 aromatic heterocycles. The van der Waals surface area contributed by atoms with Gasteiger partial charge in [-0.15, -0.1) is 4.09 Å². The maximum atomic E-state index is 12.7. The molecule has 0 N–H and O–H groups in total. The molecule has 2 aromatic rings. The third kappa shape index (κ3) is 3.17. The van der Waals surface area contributed by atoms with Crippen LogP contribution < -0.4 is 10.5 Å². The van der Waals surface area contributed by atoms with E-state index in [9.17, 15) is 23.3 Å². The van der Waals surface area contributed by atoms with Gasteiger partial charge in [-0.3, -0.25) is 14.9 Å². The molecule has 1 fully saturated rings. The van der Waals surface area contributed by atoms with Crippen molar-refractivity contribution >= 4 is 33.0 Å². The first-order valence-corrected chi connectivity index (χ1v) is 9.67. The lowest BCUT2D eigenvalue weighted by Crippen LogP contribution is -2.35. The van der Waals surface area contributed by atoms with E-state index in [1.54, 1.807) is 0 Å². The molecule has 1 aliphatic rings. The average Bonchev–Trinajstić information content (AvgIpc) is 2.64. The molecule has 0 saturated carbocycles. The molecule has 138 valence electrons. The zero-order valence-corrected chi connectivity index (χ0v) is 15.1. The molecule has 0 atom stereocenters. The van der Waals surface area contributed by atoms with Crippen molar-refractivity contribution in [3.63, 3.8) is 0 Å². The van der Waals surface area contributed by atoms with Crippen molar-refractivity contribution in [3.05, 3.63) is 56.0 Å². The second kappa shape index (κ2) is 7.04. The van der Waals surface area contributed by atoms with E-state index in [2.05, 4.69) is 5.10 Å². The molecule has 0 spiro atoms. The molecule has 2 heterocycles. The van der Waals surface area contributed by atoms with Gasteiger partial charge in [0.25, 0.3) is 15.7 Å². The summed E-state index contributed by atoms with van der Waals surface area (Å²) in [5.74, 6) is 0. The second-order valence-corrected chi connectivity index (χ2v) is 7.88. The van der Waals surface area contributed by atoms with Crippen LogP contribution in [0.4, 0.5) is 11.4 Å². The van der Waals surface area contributed by atoms with Crippen molar-refractivity contribution in [2.45, 2.75) is 24.2 Å². The first kappa shape index (κ1) is 18.3. The third-order valence-electron chi connectivity index (χ3n) is 4.14. The topological polar surface area (TPSA) is 115 Å². The standard InChI is InChI=1S/C15H15ClN4O5S/c16-14-12(18-8-4-1-5-9-18)10-17-19(15(14)21)26(24,25)13-7-3-2-6-11(13)20(22)23/h2-3,6-7,10H,1,4-5,8-9H2. The third-order valence-corrected chi connectivity index (χ3v) is 6.11. The summed E-state index contributed by atoms with van der Waals surface area (Å²) < 4.78 is 25.7. The van der Waals surface area contributed by atoms with Crippen molar-refractivity contribution < 1.29 is 13.3 Å². The van der Waals surface area contributed by atoms with Gasteiger partial charge in [-0.25, -0.2) is 0 Å². The number of nitrogens with zero attached hydrogens (tertiary/aromatic N) is 4. The van der Waals surface area contributed by atoms with Crippen LogP contribution in [0.5, 0.6) is 0 Å². The molecule has 1 aromatic carbocycles. The fourth-order valence-electron chi connectivity index (χ4n) is 2.86. The number of aromatic nitrogens is 2. The highest BCUT2D eigenvalue weighted by Crippen LogP contribution is 2.27. The Morgan fingerprint density at radius 3 is 2.46 bits per heavy atom. The monoisotopic (exact) mass is 398 g/mol. The van der Waals surface area contributed by atoms with E-state index in [0.717, 1.165) is 31.4 Å².